The Morgan fingerprint density at radius 3 is 2.76 bits per heavy atom. The number of carbonyl (C=O) groups is 2. The Balaban J connectivity index is 1.68. The summed E-state index contributed by atoms with van der Waals surface area (Å²) < 4.78 is 1.42. The van der Waals surface area contributed by atoms with E-state index in [0.717, 1.165) is 0 Å². The molecule has 0 unspecified atom stereocenters. The van der Waals surface area contributed by atoms with Gasteiger partial charge in [-0.2, -0.15) is 0 Å². The van der Waals surface area contributed by atoms with Gasteiger partial charge in [0.1, 0.15) is 5.56 Å². The van der Waals surface area contributed by atoms with Crippen LogP contribution in [0.2, 0.25) is 0 Å². The minimum Gasteiger partial charge on any atom is -0.476 e. The summed E-state index contributed by atoms with van der Waals surface area (Å²) in [5.74, 6) is -1.50. The Labute approximate surface area is 117 Å². The fraction of sp³-hybridized carbons (Fsp3) is 0.250. The average molecular weight is 289 g/mol. The molecular weight excluding hydrogens is 278 g/mol. The van der Waals surface area contributed by atoms with Crippen molar-refractivity contribution < 1.29 is 14.7 Å². The number of likely N-dealkylation sites (tertiary alicyclic amines) is 1. The number of carboxylic acids is 1. The maximum atomic E-state index is 12.1. The molecule has 9 nitrogen and oxygen atoms in total. The highest BCUT2D eigenvalue weighted by Gasteiger charge is 2.34. The fourth-order valence-electron chi connectivity index (χ4n) is 2.10. The van der Waals surface area contributed by atoms with Crippen LogP contribution in [0.15, 0.2) is 29.5 Å². The van der Waals surface area contributed by atoms with Gasteiger partial charge in [-0.05, 0) is 0 Å². The van der Waals surface area contributed by atoms with Crippen LogP contribution in [-0.2, 0) is 0 Å². The molecule has 1 aliphatic heterocycles. The van der Waals surface area contributed by atoms with E-state index in [1.54, 1.807) is 0 Å². The number of nitrogens with one attached hydrogen (secondary N) is 1. The lowest BCUT2D eigenvalue weighted by Crippen LogP contribution is -2.51. The molecule has 2 N–H and O–H groups in total. The van der Waals surface area contributed by atoms with Crippen molar-refractivity contribution in [2.75, 3.05) is 13.1 Å². The number of pyridine rings is 1. The van der Waals surface area contributed by atoms with E-state index < -0.39 is 5.97 Å². The zero-order valence-electron chi connectivity index (χ0n) is 10.8. The van der Waals surface area contributed by atoms with Crippen molar-refractivity contribution in [3.05, 3.63) is 46.1 Å². The number of nitrogens with zero attached hydrogens (tertiary/aromatic N) is 4. The smallest absolute Gasteiger partial charge is 0.358 e. The molecule has 1 aliphatic rings. The first-order valence-corrected chi connectivity index (χ1v) is 6.18. The summed E-state index contributed by atoms with van der Waals surface area (Å²) in [7, 11) is 0. The van der Waals surface area contributed by atoms with E-state index in [1.807, 2.05) is 0 Å². The molecule has 1 amide bonds. The van der Waals surface area contributed by atoms with E-state index in [2.05, 4.69) is 15.3 Å². The van der Waals surface area contributed by atoms with Crippen molar-refractivity contribution in [1.29, 1.82) is 0 Å². The summed E-state index contributed by atoms with van der Waals surface area (Å²) in [4.78, 5) is 38.6. The monoisotopic (exact) mass is 289 g/mol. The summed E-state index contributed by atoms with van der Waals surface area (Å²) in [6.45, 7) is 0.713. The van der Waals surface area contributed by atoms with Gasteiger partial charge in [-0.15, -0.1) is 5.10 Å². The molecule has 1 fully saturated rings. The molecule has 0 atom stereocenters. The van der Waals surface area contributed by atoms with Crippen LogP contribution in [0.25, 0.3) is 0 Å². The van der Waals surface area contributed by atoms with Gasteiger partial charge in [0.2, 0.25) is 0 Å². The molecule has 0 spiro atoms. The average Bonchev–Trinajstić information content (AvgIpc) is 2.87. The molecule has 0 radical (unpaired) electrons. The maximum absolute atomic E-state index is 12.1. The Bertz CT molecular complexity index is 759. The predicted octanol–water partition coefficient (Wildman–Crippen LogP) is -0.638. The largest absolute Gasteiger partial charge is 0.476 e. The van der Waals surface area contributed by atoms with Gasteiger partial charge >= 0.3 is 5.97 Å². The van der Waals surface area contributed by atoms with Crippen molar-refractivity contribution in [1.82, 2.24) is 24.9 Å². The Kier molecular flexibility index (Phi) is 3.01. The normalized spacial score (nSPS) is 14.8. The van der Waals surface area contributed by atoms with Crippen molar-refractivity contribution in [2.45, 2.75) is 6.04 Å². The molecule has 0 aliphatic carbocycles. The number of rotatable bonds is 3. The number of carboxylic acid groups (broad SMARTS) is 1. The fourth-order valence-corrected chi connectivity index (χ4v) is 2.10. The number of aromatic amines is 1. The minimum atomic E-state index is -1.15. The highest BCUT2D eigenvalue weighted by Crippen LogP contribution is 2.21. The molecule has 9 heteroatoms. The molecule has 3 rings (SSSR count). The van der Waals surface area contributed by atoms with Crippen molar-refractivity contribution in [2.24, 2.45) is 0 Å². The highest BCUT2D eigenvalue weighted by atomic mass is 16.4. The van der Waals surface area contributed by atoms with Crippen LogP contribution >= 0.6 is 0 Å². The molecule has 0 aromatic carbocycles. The molecule has 108 valence electrons. The van der Waals surface area contributed by atoms with Crippen molar-refractivity contribution in [3.8, 4) is 0 Å². The number of aromatic carboxylic acids is 1. The molecule has 0 saturated carbocycles. The van der Waals surface area contributed by atoms with Crippen LogP contribution in [0.1, 0.15) is 26.9 Å². The number of carbonyl (C=O) groups excluding carboxylic acids is 1. The number of amides is 1. The molecule has 2 aromatic rings. The Morgan fingerprint density at radius 2 is 2.14 bits per heavy atom. The molecular formula is C12H11N5O4. The second kappa shape index (κ2) is 4.85. The van der Waals surface area contributed by atoms with Gasteiger partial charge in [0.25, 0.3) is 5.91 Å². The number of aromatic nitrogens is 4. The first-order chi connectivity index (χ1) is 10.1. The van der Waals surface area contributed by atoms with Gasteiger partial charge in [-0.3, -0.25) is 9.59 Å². The van der Waals surface area contributed by atoms with Crippen LogP contribution in [0.4, 0.5) is 0 Å². The third-order valence-electron chi connectivity index (χ3n) is 3.31. The summed E-state index contributed by atoms with van der Waals surface area (Å²) >= 11 is 0. The SMILES string of the molecule is O=C(O)c1cn(C2CN(C(=O)c3c[nH]ccc3=O)C2)nn1. The topological polar surface area (TPSA) is 121 Å². The van der Waals surface area contributed by atoms with E-state index in [9.17, 15) is 14.4 Å². The predicted molar refractivity (Wildman–Crippen MR) is 69.0 cm³/mol. The third kappa shape index (κ3) is 2.29. The Hall–Kier alpha value is -2.97. The quantitative estimate of drug-likeness (QED) is 0.775. The maximum Gasteiger partial charge on any atom is 0.358 e. The van der Waals surface area contributed by atoms with E-state index in [1.165, 1.54) is 34.2 Å². The lowest BCUT2D eigenvalue weighted by atomic mass is 10.1. The van der Waals surface area contributed by atoms with Gasteiger partial charge in [0, 0.05) is 31.5 Å². The molecule has 3 heterocycles. The molecule has 0 bridgehead atoms. The second-order valence-electron chi connectivity index (χ2n) is 4.68. The van der Waals surface area contributed by atoms with E-state index >= 15 is 0 Å². The van der Waals surface area contributed by atoms with Gasteiger partial charge in [-0.1, -0.05) is 5.21 Å². The van der Waals surface area contributed by atoms with Crippen LogP contribution in [-0.4, -0.2) is 55.0 Å². The minimum absolute atomic E-state index is 0.0840. The highest BCUT2D eigenvalue weighted by molar-refractivity contribution is 5.94. The third-order valence-corrected chi connectivity index (χ3v) is 3.31. The van der Waals surface area contributed by atoms with E-state index in [4.69, 9.17) is 5.11 Å². The van der Waals surface area contributed by atoms with Crippen LogP contribution < -0.4 is 5.43 Å². The van der Waals surface area contributed by atoms with Crippen LogP contribution in [0.3, 0.4) is 0 Å². The lowest BCUT2D eigenvalue weighted by molar-refractivity contribution is 0.0495. The van der Waals surface area contributed by atoms with Crippen molar-refractivity contribution in [3.63, 3.8) is 0 Å². The molecule has 2 aromatic heterocycles. The number of H-pyrrole nitrogens is 1. The number of hydrogen-bond donors (Lipinski definition) is 2. The summed E-state index contributed by atoms with van der Waals surface area (Å²) in [5, 5.41) is 16.0. The van der Waals surface area contributed by atoms with Crippen LogP contribution in [0.5, 0.6) is 0 Å². The summed E-state index contributed by atoms with van der Waals surface area (Å²) in [6.07, 6.45) is 4.15. The zero-order valence-corrected chi connectivity index (χ0v) is 10.8. The number of hydrogen-bond acceptors (Lipinski definition) is 5. The van der Waals surface area contributed by atoms with Gasteiger partial charge in [-0.25, -0.2) is 9.48 Å². The zero-order chi connectivity index (χ0) is 15.0. The first-order valence-electron chi connectivity index (χ1n) is 6.18. The lowest BCUT2D eigenvalue weighted by Gasteiger charge is -2.38. The second-order valence-corrected chi connectivity index (χ2v) is 4.68. The standard InChI is InChI=1S/C12H11N5O4/c18-10-1-2-13-3-8(10)11(19)16-4-7(5-16)17-6-9(12(20)21)14-15-17/h1-3,6-7H,4-5H2,(H,13,18)(H,20,21). The van der Waals surface area contributed by atoms with Gasteiger partial charge in [0.05, 0.1) is 12.2 Å². The van der Waals surface area contributed by atoms with Gasteiger partial charge < -0.3 is 15.0 Å². The van der Waals surface area contributed by atoms with E-state index in [0.29, 0.717) is 13.1 Å². The first kappa shape index (κ1) is 13.0. The van der Waals surface area contributed by atoms with Crippen molar-refractivity contribution >= 4 is 11.9 Å². The molecule has 1 saturated heterocycles. The summed E-state index contributed by atoms with van der Waals surface area (Å²) in [6, 6.07) is 1.17. The summed E-state index contributed by atoms with van der Waals surface area (Å²) in [5.41, 5.74) is -0.392. The molecule has 21 heavy (non-hydrogen) atoms. The van der Waals surface area contributed by atoms with E-state index in [-0.39, 0.29) is 28.6 Å². The van der Waals surface area contributed by atoms with Gasteiger partial charge in [0.15, 0.2) is 11.1 Å². The van der Waals surface area contributed by atoms with Crippen LogP contribution in [0, 0.1) is 0 Å². The Morgan fingerprint density at radius 1 is 1.38 bits per heavy atom.